The normalized spacial score (nSPS) is 9.88. The highest BCUT2D eigenvalue weighted by Gasteiger charge is 1.99. The van der Waals surface area contributed by atoms with Crippen LogP contribution in [-0.4, -0.2) is 25.5 Å². The van der Waals surface area contributed by atoms with E-state index in [-0.39, 0.29) is 22.9 Å². The number of halogens is 1. The quantitative estimate of drug-likeness (QED) is 0.112. The highest BCUT2D eigenvalue weighted by molar-refractivity contribution is 8.93. The van der Waals surface area contributed by atoms with Crippen LogP contribution in [0.1, 0.15) is 136 Å². The van der Waals surface area contributed by atoms with E-state index in [1.165, 1.54) is 83.5 Å². The number of carbonyl (C=O) groups is 1. The number of likely N-dealkylation sites (N-methyl/N-ethyl adjacent to an activating group) is 1. The molecule has 0 heterocycles. The van der Waals surface area contributed by atoms with Crippen LogP contribution >= 0.6 is 17.0 Å². The van der Waals surface area contributed by atoms with Crippen molar-refractivity contribution in [3.05, 3.63) is 0 Å². The third-order valence-electron chi connectivity index (χ3n) is 5.72. The lowest BCUT2D eigenvalue weighted by molar-refractivity contribution is -0.121. The molecule has 0 aromatic carbocycles. The summed E-state index contributed by atoms with van der Waals surface area (Å²) >= 11 is 0. The van der Waals surface area contributed by atoms with Gasteiger partial charge in [0.15, 0.2) is 0 Å². The molecule has 0 saturated heterocycles. The van der Waals surface area contributed by atoms with Crippen molar-refractivity contribution >= 4 is 22.9 Å². The average Bonchev–Trinajstić information content (AvgIpc) is 2.80. The van der Waals surface area contributed by atoms with Crippen molar-refractivity contribution in [2.24, 2.45) is 0 Å². The summed E-state index contributed by atoms with van der Waals surface area (Å²) in [5.74, 6) is 12.6. The van der Waals surface area contributed by atoms with Gasteiger partial charge in [0, 0.05) is 32.4 Å². The molecule has 0 saturated carbocycles. The van der Waals surface area contributed by atoms with Gasteiger partial charge in [-0.1, -0.05) is 109 Å². The number of amides is 1. The van der Waals surface area contributed by atoms with Gasteiger partial charge in [-0.3, -0.25) is 4.79 Å². The molecule has 4 heteroatoms. The summed E-state index contributed by atoms with van der Waals surface area (Å²) < 4.78 is 0. The summed E-state index contributed by atoms with van der Waals surface area (Å²) in [5.41, 5.74) is 0. The predicted molar refractivity (Wildman–Crippen MR) is 151 cm³/mol. The van der Waals surface area contributed by atoms with Crippen molar-refractivity contribution in [2.75, 3.05) is 19.6 Å². The van der Waals surface area contributed by atoms with E-state index >= 15 is 0 Å². The predicted octanol–water partition coefficient (Wildman–Crippen LogP) is 7.73. The molecule has 0 aliphatic heterocycles. The van der Waals surface area contributed by atoms with E-state index in [0.29, 0.717) is 6.42 Å². The molecule has 0 spiro atoms. The summed E-state index contributed by atoms with van der Waals surface area (Å²) in [5, 5.41) is 6.16. The van der Waals surface area contributed by atoms with Crippen LogP contribution in [0.2, 0.25) is 0 Å². The molecule has 0 bridgehead atoms. The summed E-state index contributed by atoms with van der Waals surface area (Å²) in [6.45, 7) is 6.89. The molecule has 1 amide bonds. The van der Waals surface area contributed by atoms with E-state index in [9.17, 15) is 4.79 Å². The Hall–Kier alpha value is -0.970. The van der Waals surface area contributed by atoms with Gasteiger partial charge in [0.05, 0.1) is 0 Å². The van der Waals surface area contributed by atoms with Crippen LogP contribution in [0.25, 0.3) is 0 Å². The fraction of sp³-hybridized carbons (Fsp3) is 0.828. The van der Waals surface area contributed by atoms with Crippen molar-refractivity contribution in [1.82, 2.24) is 10.6 Å². The minimum atomic E-state index is 0. The highest BCUT2D eigenvalue weighted by Crippen LogP contribution is 2.11. The first-order chi connectivity index (χ1) is 15.8. The lowest BCUT2D eigenvalue weighted by Gasteiger charge is -2.05. The third kappa shape index (κ3) is 31.0. The van der Waals surface area contributed by atoms with Crippen LogP contribution < -0.4 is 10.6 Å². The van der Waals surface area contributed by atoms with E-state index in [4.69, 9.17) is 0 Å². The molecular weight excluding hydrogens is 472 g/mol. The number of carbonyl (C=O) groups excluding carboxylic acids is 1. The van der Waals surface area contributed by atoms with Gasteiger partial charge in [-0.2, -0.15) is 0 Å². The van der Waals surface area contributed by atoms with Gasteiger partial charge >= 0.3 is 0 Å². The van der Waals surface area contributed by atoms with Gasteiger partial charge in [0.25, 0.3) is 0 Å². The molecule has 192 valence electrons. The van der Waals surface area contributed by atoms with Crippen LogP contribution in [0.5, 0.6) is 0 Å². The van der Waals surface area contributed by atoms with E-state index in [0.717, 1.165) is 51.7 Å². The Kier molecular flexibility index (Phi) is 32.2. The first-order valence-electron chi connectivity index (χ1n) is 13.7. The zero-order chi connectivity index (χ0) is 23.4. The first kappa shape index (κ1) is 34.2. The standard InChI is InChI=1S/C29H52N2O.BrH/c1-3-5-6-7-8-9-10-11-12-13-14-15-16-17-18-19-20-21-22-23-24-25-26-29(32)31-28-27-30-4-2;/h30H,3-14,19-28H2,1-2H3,(H,31,32);1H. The van der Waals surface area contributed by atoms with Crippen molar-refractivity contribution in [1.29, 1.82) is 0 Å². The number of unbranched alkanes of at least 4 members (excludes halogenated alkanes) is 16. The lowest BCUT2D eigenvalue weighted by atomic mass is 10.1. The van der Waals surface area contributed by atoms with Gasteiger partial charge in [-0.05, 0) is 37.6 Å². The Bertz CT molecular complexity index is 527. The minimum absolute atomic E-state index is 0. The number of nitrogens with one attached hydrogen (secondary N) is 2. The number of hydrogen-bond donors (Lipinski definition) is 2. The van der Waals surface area contributed by atoms with Crippen LogP contribution in [0.15, 0.2) is 0 Å². The zero-order valence-corrected chi connectivity index (χ0v) is 23.6. The van der Waals surface area contributed by atoms with Crippen molar-refractivity contribution < 1.29 is 4.79 Å². The summed E-state index contributed by atoms with van der Waals surface area (Å²) in [7, 11) is 0. The van der Waals surface area contributed by atoms with E-state index in [1.54, 1.807) is 0 Å². The van der Waals surface area contributed by atoms with Crippen LogP contribution in [0.4, 0.5) is 0 Å². The van der Waals surface area contributed by atoms with Crippen LogP contribution in [0, 0.1) is 23.7 Å². The molecule has 0 aromatic heterocycles. The average molecular weight is 526 g/mol. The molecule has 2 N–H and O–H groups in total. The Morgan fingerprint density at radius 1 is 0.606 bits per heavy atom. The van der Waals surface area contributed by atoms with Gasteiger partial charge in [-0.25, -0.2) is 0 Å². The molecule has 0 atom stereocenters. The highest BCUT2D eigenvalue weighted by atomic mass is 79.9. The molecule has 0 rings (SSSR count). The maximum atomic E-state index is 11.7. The second-order valence-electron chi connectivity index (χ2n) is 8.86. The Morgan fingerprint density at radius 2 is 1.06 bits per heavy atom. The SMILES string of the molecule is Br.CCCCCCCCCCCCC#CC#CCCCCCCCCC(=O)NCCNCC. The van der Waals surface area contributed by atoms with Crippen LogP contribution in [0.3, 0.4) is 0 Å². The molecule has 3 nitrogen and oxygen atoms in total. The largest absolute Gasteiger partial charge is 0.355 e. The van der Waals surface area contributed by atoms with Crippen molar-refractivity contribution in [3.8, 4) is 23.7 Å². The van der Waals surface area contributed by atoms with Crippen LogP contribution in [-0.2, 0) is 4.79 Å². The smallest absolute Gasteiger partial charge is 0.220 e. The van der Waals surface area contributed by atoms with E-state index in [1.807, 2.05) is 0 Å². The molecule has 33 heavy (non-hydrogen) atoms. The second kappa shape index (κ2) is 31.0. The van der Waals surface area contributed by atoms with Gasteiger partial charge < -0.3 is 10.6 Å². The molecule has 0 aliphatic carbocycles. The first-order valence-corrected chi connectivity index (χ1v) is 13.7. The van der Waals surface area contributed by atoms with Crippen molar-refractivity contribution in [3.63, 3.8) is 0 Å². The summed E-state index contributed by atoms with van der Waals surface area (Å²) in [6.07, 6.45) is 23.4. The Morgan fingerprint density at radius 3 is 1.55 bits per heavy atom. The number of hydrogen-bond acceptors (Lipinski definition) is 2. The minimum Gasteiger partial charge on any atom is -0.355 e. The molecule has 0 unspecified atom stereocenters. The Balaban J connectivity index is 0. The summed E-state index contributed by atoms with van der Waals surface area (Å²) in [4.78, 5) is 11.7. The van der Waals surface area contributed by atoms with E-state index in [2.05, 4.69) is 48.2 Å². The molecule has 0 fully saturated rings. The topological polar surface area (TPSA) is 41.1 Å². The molecule has 0 radical (unpaired) electrons. The number of rotatable bonds is 22. The maximum Gasteiger partial charge on any atom is 0.220 e. The zero-order valence-electron chi connectivity index (χ0n) is 21.9. The summed E-state index contributed by atoms with van der Waals surface area (Å²) in [6, 6.07) is 0. The fourth-order valence-corrected chi connectivity index (χ4v) is 3.68. The van der Waals surface area contributed by atoms with Gasteiger partial charge in [0.1, 0.15) is 0 Å². The monoisotopic (exact) mass is 524 g/mol. The maximum absolute atomic E-state index is 11.7. The fourth-order valence-electron chi connectivity index (χ4n) is 3.68. The molecule has 0 aromatic rings. The molecular formula is C29H53BrN2O. The third-order valence-corrected chi connectivity index (χ3v) is 5.72. The Labute approximate surface area is 217 Å². The molecule has 0 aliphatic rings. The van der Waals surface area contributed by atoms with Gasteiger partial charge in [0.2, 0.25) is 5.91 Å². The van der Waals surface area contributed by atoms with Gasteiger partial charge in [-0.15, -0.1) is 17.0 Å². The lowest BCUT2D eigenvalue weighted by Crippen LogP contribution is -2.31. The van der Waals surface area contributed by atoms with Crippen molar-refractivity contribution in [2.45, 2.75) is 136 Å². The second-order valence-corrected chi connectivity index (χ2v) is 8.86. The van der Waals surface area contributed by atoms with E-state index < -0.39 is 0 Å².